The molecule has 11 heteroatoms. The van der Waals surface area contributed by atoms with Gasteiger partial charge in [0.2, 0.25) is 5.75 Å². The van der Waals surface area contributed by atoms with E-state index in [1.54, 1.807) is 25.4 Å². The number of hydrogen-bond donors (Lipinski definition) is 1. The van der Waals surface area contributed by atoms with Gasteiger partial charge in [-0.1, -0.05) is 11.6 Å². The monoisotopic (exact) mass is 435 g/mol. The largest absolute Gasteiger partial charge is 0.450 e. The Balaban J connectivity index is 1.68. The van der Waals surface area contributed by atoms with Crippen LogP contribution in [0.15, 0.2) is 58.6 Å². The van der Waals surface area contributed by atoms with Gasteiger partial charge < -0.3 is 4.74 Å². The van der Waals surface area contributed by atoms with Crippen molar-refractivity contribution in [2.24, 2.45) is 0 Å². The number of hydrogen-bond acceptors (Lipinski definition) is 7. The Morgan fingerprint density at radius 3 is 2.84 bits per heavy atom. The van der Waals surface area contributed by atoms with E-state index in [4.69, 9.17) is 21.6 Å². The van der Waals surface area contributed by atoms with Gasteiger partial charge in [0.1, 0.15) is 11.4 Å². The highest BCUT2D eigenvalue weighted by molar-refractivity contribution is 6.30. The molecule has 4 rings (SSSR count). The van der Waals surface area contributed by atoms with Crippen molar-refractivity contribution in [3.63, 3.8) is 0 Å². The molecule has 3 aromatic heterocycles. The molecule has 0 saturated carbocycles. The Morgan fingerprint density at radius 1 is 1.26 bits per heavy atom. The van der Waals surface area contributed by atoms with Gasteiger partial charge in [-0.2, -0.15) is 15.5 Å². The van der Waals surface area contributed by atoms with Crippen LogP contribution in [0.4, 0.5) is 0 Å². The minimum Gasteiger partial charge on any atom is -0.450 e. The number of nitrogens with one attached hydrogen (secondary N) is 1. The van der Waals surface area contributed by atoms with Crippen LogP contribution in [0.5, 0.6) is 11.5 Å². The van der Waals surface area contributed by atoms with Crippen LogP contribution >= 0.6 is 11.6 Å². The quantitative estimate of drug-likeness (QED) is 0.508. The summed E-state index contributed by atoms with van der Waals surface area (Å²) in [6.07, 6.45) is 4.54. The molecule has 154 valence electrons. The molecule has 31 heavy (non-hydrogen) atoms. The van der Waals surface area contributed by atoms with Gasteiger partial charge in [0, 0.05) is 17.4 Å². The van der Waals surface area contributed by atoms with Crippen molar-refractivity contribution in [3.8, 4) is 23.3 Å². The predicted octanol–water partition coefficient (Wildman–Crippen LogP) is 2.19. The first kappa shape index (κ1) is 20.1. The fraction of sp³-hybridized carbons (Fsp3) is 0.100. The fourth-order valence-corrected chi connectivity index (χ4v) is 3.08. The van der Waals surface area contributed by atoms with E-state index in [9.17, 15) is 9.59 Å². The molecule has 3 heterocycles. The molecular weight excluding hydrogens is 422 g/mol. The van der Waals surface area contributed by atoms with Crippen LogP contribution in [-0.4, -0.2) is 29.5 Å². The minimum absolute atomic E-state index is 0.00891. The van der Waals surface area contributed by atoms with Gasteiger partial charge in [0.05, 0.1) is 35.9 Å². The van der Waals surface area contributed by atoms with Crippen LogP contribution in [0.1, 0.15) is 17.0 Å². The molecule has 0 unspecified atom stereocenters. The smallest absolute Gasteiger partial charge is 0.296 e. The summed E-state index contributed by atoms with van der Waals surface area (Å²) in [6.45, 7) is 1.66. The van der Waals surface area contributed by atoms with Crippen molar-refractivity contribution >= 4 is 11.6 Å². The van der Waals surface area contributed by atoms with Gasteiger partial charge in [-0.25, -0.2) is 14.8 Å². The fourth-order valence-electron chi connectivity index (χ4n) is 2.86. The number of H-pyrrole nitrogens is 1. The van der Waals surface area contributed by atoms with Crippen LogP contribution in [0.25, 0.3) is 5.69 Å². The third-order valence-corrected chi connectivity index (χ3v) is 4.53. The SMILES string of the molecule is Cc1ncn(Cc2cc(-n3cccn3)c(=O)[nH]n2)c(=O)c1Oc1cc(Cl)cc(C#N)c1. The lowest BCUT2D eigenvalue weighted by Gasteiger charge is -2.11. The molecule has 0 atom stereocenters. The number of ether oxygens (including phenoxy) is 1. The van der Waals surface area contributed by atoms with Gasteiger partial charge in [0.15, 0.2) is 0 Å². The molecule has 0 aliphatic carbocycles. The van der Waals surface area contributed by atoms with Crippen molar-refractivity contribution in [3.05, 3.63) is 91.7 Å². The van der Waals surface area contributed by atoms with E-state index in [-0.39, 0.29) is 23.7 Å². The van der Waals surface area contributed by atoms with Gasteiger partial charge >= 0.3 is 0 Å². The molecule has 10 nitrogen and oxygen atoms in total. The van der Waals surface area contributed by atoms with Crippen LogP contribution in [0.2, 0.25) is 5.02 Å². The number of aryl methyl sites for hydroxylation is 1. The average Bonchev–Trinajstić information content (AvgIpc) is 3.28. The van der Waals surface area contributed by atoms with Gasteiger partial charge in [-0.05, 0) is 37.3 Å². The molecule has 0 amide bonds. The van der Waals surface area contributed by atoms with Crippen LogP contribution in [0, 0.1) is 18.3 Å². The van der Waals surface area contributed by atoms with E-state index in [0.717, 1.165) is 0 Å². The third kappa shape index (κ3) is 4.22. The summed E-state index contributed by atoms with van der Waals surface area (Å²) in [5.41, 5.74) is 0.472. The highest BCUT2D eigenvalue weighted by atomic mass is 35.5. The molecular formula is C20H14ClN7O3. The molecule has 0 spiro atoms. The number of nitrogens with zero attached hydrogens (tertiary/aromatic N) is 6. The lowest BCUT2D eigenvalue weighted by atomic mass is 10.2. The van der Waals surface area contributed by atoms with Crippen molar-refractivity contribution in [2.45, 2.75) is 13.5 Å². The Labute approximate surface area is 179 Å². The highest BCUT2D eigenvalue weighted by Crippen LogP contribution is 2.25. The summed E-state index contributed by atoms with van der Waals surface area (Å²) in [7, 11) is 0. The molecule has 1 aromatic carbocycles. The standard InChI is InChI=1S/C20H14ClN7O3/c1-12-18(31-16-6-13(9-22)5-14(21)7-16)20(30)27(11-23-12)10-15-8-17(19(29)26-25-15)28-4-2-3-24-28/h2-8,11H,10H2,1H3,(H,26,29). The van der Waals surface area contributed by atoms with E-state index < -0.39 is 11.1 Å². The van der Waals surface area contributed by atoms with Crippen molar-refractivity contribution in [2.75, 3.05) is 0 Å². The molecule has 1 N–H and O–H groups in total. The van der Waals surface area contributed by atoms with Crippen molar-refractivity contribution < 1.29 is 4.74 Å². The maximum atomic E-state index is 13.0. The number of benzene rings is 1. The van der Waals surface area contributed by atoms with E-state index in [2.05, 4.69) is 20.3 Å². The number of aromatic nitrogens is 6. The first-order valence-electron chi connectivity index (χ1n) is 8.98. The first-order chi connectivity index (χ1) is 14.9. The van der Waals surface area contributed by atoms with Gasteiger partial charge in [0.25, 0.3) is 11.1 Å². The number of aromatic amines is 1. The second kappa shape index (κ2) is 8.25. The second-order valence-corrected chi connectivity index (χ2v) is 6.94. The zero-order chi connectivity index (χ0) is 22.0. The van der Waals surface area contributed by atoms with Crippen LogP contribution in [0.3, 0.4) is 0 Å². The maximum Gasteiger partial charge on any atom is 0.296 e. The molecule has 0 radical (unpaired) electrons. The van der Waals surface area contributed by atoms with E-state index in [0.29, 0.717) is 22.0 Å². The predicted molar refractivity (Wildman–Crippen MR) is 111 cm³/mol. The summed E-state index contributed by atoms with van der Waals surface area (Å²) in [5.74, 6) is 0.234. The van der Waals surface area contributed by atoms with Gasteiger partial charge in [-0.15, -0.1) is 0 Å². The summed E-state index contributed by atoms with van der Waals surface area (Å²) in [4.78, 5) is 29.3. The van der Waals surface area contributed by atoms with E-state index >= 15 is 0 Å². The first-order valence-corrected chi connectivity index (χ1v) is 9.35. The third-order valence-electron chi connectivity index (χ3n) is 4.32. The summed E-state index contributed by atoms with van der Waals surface area (Å²) < 4.78 is 8.42. The van der Waals surface area contributed by atoms with Crippen molar-refractivity contribution in [1.29, 1.82) is 5.26 Å². The second-order valence-electron chi connectivity index (χ2n) is 6.51. The molecule has 4 aromatic rings. The van der Waals surface area contributed by atoms with Crippen LogP contribution < -0.4 is 15.9 Å². The molecule has 0 fully saturated rings. The van der Waals surface area contributed by atoms with Gasteiger partial charge in [-0.3, -0.25) is 14.2 Å². The zero-order valence-electron chi connectivity index (χ0n) is 16.1. The normalized spacial score (nSPS) is 10.6. The van der Waals surface area contributed by atoms with Crippen LogP contribution in [-0.2, 0) is 6.54 Å². The minimum atomic E-state index is -0.459. The summed E-state index contributed by atoms with van der Waals surface area (Å²) >= 11 is 6.01. The Morgan fingerprint density at radius 2 is 2.10 bits per heavy atom. The van der Waals surface area contributed by atoms with E-state index in [1.165, 1.54) is 39.8 Å². The summed E-state index contributed by atoms with van der Waals surface area (Å²) in [5, 5.41) is 19.8. The maximum absolute atomic E-state index is 13.0. The number of nitriles is 1. The molecule has 0 aliphatic heterocycles. The topological polar surface area (TPSA) is 131 Å². The molecule has 0 bridgehead atoms. The summed E-state index contributed by atoms with van der Waals surface area (Å²) in [6, 6.07) is 9.66. The Hall–Kier alpha value is -4.23. The van der Waals surface area contributed by atoms with Crippen molar-refractivity contribution in [1.82, 2.24) is 29.5 Å². The van der Waals surface area contributed by atoms with E-state index in [1.807, 2.05) is 6.07 Å². The number of halogens is 1. The zero-order valence-corrected chi connectivity index (χ0v) is 16.9. The Kier molecular flexibility index (Phi) is 5.34. The molecule has 0 saturated heterocycles. The lowest BCUT2D eigenvalue weighted by molar-refractivity contribution is 0.457. The number of rotatable bonds is 5. The molecule has 0 aliphatic rings. The lowest BCUT2D eigenvalue weighted by Crippen LogP contribution is -2.25. The highest BCUT2D eigenvalue weighted by Gasteiger charge is 2.14. The average molecular weight is 436 g/mol. The Bertz CT molecular complexity index is 1420.